The lowest BCUT2D eigenvalue weighted by molar-refractivity contribution is 0.102. The van der Waals surface area contributed by atoms with Crippen molar-refractivity contribution < 1.29 is 13.6 Å². The van der Waals surface area contributed by atoms with Crippen LogP contribution in [0.2, 0.25) is 0 Å². The molecule has 0 saturated carbocycles. The van der Waals surface area contributed by atoms with E-state index in [1.807, 2.05) is 6.92 Å². The van der Waals surface area contributed by atoms with Gasteiger partial charge < -0.3 is 9.73 Å². The molecular formula is C20H15FN6O3. The quantitative estimate of drug-likeness (QED) is 0.424. The Morgan fingerprint density at radius 2 is 2.03 bits per heavy atom. The molecule has 9 nitrogen and oxygen atoms in total. The van der Waals surface area contributed by atoms with E-state index in [9.17, 15) is 14.0 Å². The minimum Gasteiger partial charge on any atom is -0.408 e. The van der Waals surface area contributed by atoms with Crippen LogP contribution >= 0.6 is 0 Å². The van der Waals surface area contributed by atoms with Crippen molar-refractivity contribution in [2.24, 2.45) is 0 Å². The van der Waals surface area contributed by atoms with Crippen molar-refractivity contribution >= 4 is 33.9 Å². The topological polar surface area (TPSA) is 122 Å². The SMILES string of the molecule is Cc1nn(Cc2ccc(F)cc2)c2n[nH]c(NC(=O)c3ccc4[nH]c(=O)oc4c3)c12. The second kappa shape index (κ2) is 6.69. The maximum Gasteiger partial charge on any atom is 0.417 e. The number of nitrogens with zero attached hydrogens (tertiary/aromatic N) is 3. The molecule has 5 rings (SSSR count). The highest BCUT2D eigenvalue weighted by molar-refractivity contribution is 6.09. The lowest BCUT2D eigenvalue weighted by atomic mass is 10.2. The highest BCUT2D eigenvalue weighted by Crippen LogP contribution is 2.25. The first-order chi connectivity index (χ1) is 14.5. The summed E-state index contributed by atoms with van der Waals surface area (Å²) in [6, 6.07) is 10.8. The van der Waals surface area contributed by atoms with Crippen molar-refractivity contribution in [2.45, 2.75) is 13.5 Å². The van der Waals surface area contributed by atoms with Gasteiger partial charge in [-0.2, -0.15) is 10.2 Å². The first kappa shape index (κ1) is 17.9. The number of aromatic nitrogens is 5. The van der Waals surface area contributed by atoms with Gasteiger partial charge in [0.2, 0.25) is 0 Å². The fourth-order valence-corrected chi connectivity index (χ4v) is 3.38. The molecule has 30 heavy (non-hydrogen) atoms. The molecule has 5 aromatic rings. The predicted octanol–water partition coefficient (Wildman–Crippen LogP) is 2.94. The van der Waals surface area contributed by atoms with E-state index in [1.54, 1.807) is 28.9 Å². The van der Waals surface area contributed by atoms with Gasteiger partial charge in [0, 0.05) is 5.56 Å². The normalized spacial score (nSPS) is 11.4. The van der Waals surface area contributed by atoms with Crippen molar-refractivity contribution in [3.63, 3.8) is 0 Å². The molecule has 0 atom stereocenters. The first-order valence-corrected chi connectivity index (χ1v) is 9.08. The van der Waals surface area contributed by atoms with E-state index in [-0.39, 0.29) is 5.82 Å². The summed E-state index contributed by atoms with van der Waals surface area (Å²) in [5, 5.41) is 15.1. The van der Waals surface area contributed by atoms with Gasteiger partial charge in [-0.3, -0.25) is 14.9 Å². The van der Waals surface area contributed by atoms with Gasteiger partial charge in [0.1, 0.15) is 11.6 Å². The third kappa shape index (κ3) is 3.04. The fraction of sp³-hybridized carbons (Fsp3) is 0.100. The maximum absolute atomic E-state index is 13.1. The molecule has 0 aliphatic heterocycles. The zero-order valence-electron chi connectivity index (χ0n) is 15.7. The molecule has 3 heterocycles. The average molecular weight is 406 g/mol. The van der Waals surface area contributed by atoms with Crippen molar-refractivity contribution in [1.82, 2.24) is 25.0 Å². The summed E-state index contributed by atoms with van der Waals surface area (Å²) in [4.78, 5) is 26.5. The minimum absolute atomic E-state index is 0.297. The molecule has 1 amide bonds. The monoisotopic (exact) mass is 406 g/mol. The summed E-state index contributed by atoms with van der Waals surface area (Å²) in [5.74, 6) is -0.866. The van der Waals surface area contributed by atoms with Gasteiger partial charge in [0.15, 0.2) is 11.2 Å². The number of amides is 1. The molecule has 0 fully saturated rings. The van der Waals surface area contributed by atoms with Crippen LogP contribution in [0.5, 0.6) is 0 Å². The zero-order valence-corrected chi connectivity index (χ0v) is 15.7. The van der Waals surface area contributed by atoms with E-state index < -0.39 is 11.7 Å². The Labute approximate surface area is 167 Å². The molecule has 10 heteroatoms. The fourth-order valence-electron chi connectivity index (χ4n) is 3.38. The van der Waals surface area contributed by atoms with Gasteiger partial charge >= 0.3 is 5.76 Å². The largest absolute Gasteiger partial charge is 0.417 e. The van der Waals surface area contributed by atoms with Gasteiger partial charge in [-0.25, -0.2) is 13.9 Å². The molecule has 0 aliphatic rings. The Kier molecular flexibility index (Phi) is 3.98. The molecular weight excluding hydrogens is 391 g/mol. The summed E-state index contributed by atoms with van der Waals surface area (Å²) in [6.45, 7) is 2.22. The van der Waals surface area contributed by atoms with Crippen LogP contribution in [0.25, 0.3) is 22.1 Å². The third-order valence-corrected chi connectivity index (χ3v) is 4.79. The van der Waals surface area contributed by atoms with Gasteiger partial charge in [-0.15, -0.1) is 0 Å². The van der Waals surface area contributed by atoms with E-state index in [4.69, 9.17) is 4.42 Å². The van der Waals surface area contributed by atoms with Crippen molar-refractivity contribution in [3.8, 4) is 0 Å². The van der Waals surface area contributed by atoms with E-state index in [2.05, 4.69) is 25.6 Å². The number of hydrogen-bond donors (Lipinski definition) is 3. The number of hydrogen-bond acceptors (Lipinski definition) is 5. The van der Waals surface area contributed by atoms with E-state index in [1.165, 1.54) is 18.2 Å². The van der Waals surface area contributed by atoms with Crippen LogP contribution in [0.1, 0.15) is 21.6 Å². The van der Waals surface area contributed by atoms with Crippen LogP contribution in [-0.2, 0) is 6.54 Å². The summed E-state index contributed by atoms with van der Waals surface area (Å²) >= 11 is 0. The number of H-pyrrole nitrogens is 2. The summed E-state index contributed by atoms with van der Waals surface area (Å²) in [5.41, 5.74) is 3.26. The molecule has 0 aliphatic carbocycles. The Balaban J connectivity index is 1.44. The summed E-state index contributed by atoms with van der Waals surface area (Å²) in [7, 11) is 0. The number of carbonyl (C=O) groups excluding carboxylic acids is 1. The van der Waals surface area contributed by atoms with Crippen molar-refractivity contribution in [2.75, 3.05) is 5.32 Å². The number of carbonyl (C=O) groups is 1. The van der Waals surface area contributed by atoms with Gasteiger partial charge in [0.25, 0.3) is 5.91 Å². The average Bonchev–Trinajstić information content (AvgIpc) is 3.38. The second-order valence-corrected chi connectivity index (χ2v) is 6.85. The Morgan fingerprint density at radius 3 is 2.83 bits per heavy atom. The smallest absolute Gasteiger partial charge is 0.408 e. The molecule has 0 bridgehead atoms. The number of aryl methyl sites for hydroxylation is 1. The van der Waals surface area contributed by atoms with Crippen LogP contribution in [-0.4, -0.2) is 30.9 Å². The van der Waals surface area contributed by atoms with Crippen LogP contribution in [0, 0.1) is 12.7 Å². The summed E-state index contributed by atoms with van der Waals surface area (Å²) < 4.78 is 19.8. The number of fused-ring (bicyclic) bond motifs is 2. The van der Waals surface area contributed by atoms with E-state index >= 15 is 0 Å². The van der Waals surface area contributed by atoms with Gasteiger partial charge in [-0.05, 0) is 42.8 Å². The number of rotatable bonds is 4. The van der Waals surface area contributed by atoms with Crippen LogP contribution in [0.3, 0.4) is 0 Å². The first-order valence-electron chi connectivity index (χ1n) is 9.08. The molecule has 0 spiro atoms. The Bertz CT molecular complexity index is 1460. The number of aromatic amines is 2. The highest BCUT2D eigenvalue weighted by atomic mass is 19.1. The minimum atomic E-state index is -0.581. The van der Waals surface area contributed by atoms with Crippen LogP contribution in [0.4, 0.5) is 10.2 Å². The standard InChI is InChI=1S/C20H15FN6O3/c1-10-16-17(23-19(28)12-4-7-14-15(8-12)30-20(29)22-14)24-25-18(16)27(26-10)9-11-2-5-13(21)6-3-11/h2-8H,9H2,1H3,(H,22,29)(H2,23,24,25,28). The van der Waals surface area contributed by atoms with Crippen molar-refractivity contribution in [3.05, 3.63) is 75.7 Å². The van der Waals surface area contributed by atoms with Gasteiger partial charge in [0.05, 0.1) is 23.1 Å². The maximum atomic E-state index is 13.1. The molecule has 0 radical (unpaired) electrons. The third-order valence-electron chi connectivity index (χ3n) is 4.79. The summed E-state index contributed by atoms with van der Waals surface area (Å²) in [6.07, 6.45) is 0. The molecule has 0 saturated heterocycles. The second-order valence-electron chi connectivity index (χ2n) is 6.85. The van der Waals surface area contributed by atoms with E-state index in [0.29, 0.717) is 45.8 Å². The Morgan fingerprint density at radius 1 is 1.23 bits per heavy atom. The van der Waals surface area contributed by atoms with E-state index in [0.717, 1.165) is 5.56 Å². The molecule has 3 aromatic heterocycles. The molecule has 0 unspecified atom stereocenters. The lowest BCUT2D eigenvalue weighted by Gasteiger charge is -2.02. The Hall–Kier alpha value is -4.21. The number of halogens is 1. The van der Waals surface area contributed by atoms with Crippen LogP contribution < -0.4 is 11.1 Å². The number of oxazole rings is 1. The number of nitrogens with one attached hydrogen (secondary N) is 3. The van der Waals surface area contributed by atoms with Crippen LogP contribution in [0.15, 0.2) is 51.7 Å². The molecule has 150 valence electrons. The molecule has 2 aromatic carbocycles. The van der Waals surface area contributed by atoms with Gasteiger partial charge in [-0.1, -0.05) is 12.1 Å². The lowest BCUT2D eigenvalue weighted by Crippen LogP contribution is -2.12. The number of benzene rings is 2. The van der Waals surface area contributed by atoms with Crippen molar-refractivity contribution in [1.29, 1.82) is 0 Å². The number of anilines is 1. The molecule has 3 N–H and O–H groups in total. The zero-order chi connectivity index (χ0) is 20.8. The highest BCUT2D eigenvalue weighted by Gasteiger charge is 2.18. The predicted molar refractivity (Wildman–Crippen MR) is 107 cm³/mol.